The number of nitrogens with zero attached hydrogens (tertiary/aromatic N) is 1. The minimum absolute atomic E-state index is 0.257. The van der Waals surface area contributed by atoms with Crippen molar-refractivity contribution in [1.82, 2.24) is 0 Å². The van der Waals surface area contributed by atoms with Crippen LogP contribution in [0.5, 0.6) is 0 Å². The number of hydrogen-bond donors (Lipinski definition) is 0. The van der Waals surface area contributed by atoms with Crippen molar-refractivity contribution in [2.45, 2.75) is 34.1 Å². The molecule has 0 atom stereocenters. The molecule has 0 radical (unpaired) electrons. The van der Waals surface area contributed by atoms with Crippen LogP contribution >= 0.6 is 0 Å². The molecule has 19 heavy (non-hydrogen) atoms. The Labute approximate surface area is 116 Å². The highest BCUT2D eigenvalue weighted by Crippen LogP contribution is 2.32. The Morgan fingerprint density at radius 3 is 2.53 bits per heavy atom. The van der Waals surface area contributed by atoms with Crippen molar-refractivity contribution in [3.05, 3.63) is 41.0 Å². The van der Waals surface area contributed by atoms with Crippen LogP contribution in [0.15, 0.2) is 29.8 Å². The van der Waals surface area contributed by atoms with E-state index in [1.807, 2.05) is 13.0 Å². The summed E-state index contributed by atoms with van der Waals surface area (Å²) < 4.78 is 0. The van der Waals surface area contributed by atoms with Gasteiger partial charge in [-0.15, -0.1) is 0 Å². The second kappa shape index (κ2) is 5.20. The van der Waals surface area contributed by atoms with E-state index < -0.39 is 0 Å². The lowest BCUT2D eigenvalue weighted by Crippen LogP contribution is -2.31. The molecule has 1 aromatic carbocycles. The largest absolute Gasteiger partial charge is 0.367 e. The molecule has 1 aliphatic rings. The maximum absolute atomic E-state index is 11.2. The van der Waals surface area contributed by atoms with Crippen molar-refractivity contribution in [1.29, 1.82) is 0 Å². The molecule has 0 spiro atoms. The minimum atomic E-state index is 0.257. The molecule has 0 saturated carbocycles. The van der Waals surface area contributed by atoms with Gasteiger partial charge in [-0.2, -0.15) is 0 Å². The van der Waals surface area contributed by atoms with E-state index in [9.17, 15) is 4.79 Å². The third-order valence-electron chi connectivity index (χ3n) is 3.82. The Morgan fingerprint density at radius 2 is 2.00 bits per heavy atom. The fourth-order valence-corrected chi connectivity index (χ4v) is 2.63. The van der Waals surface area contributed by atoms with E-state index in [1.54, 1.807) is 0 Å². The maximum atomic E-state index is 11.2. The molecular weight excluding hydrogens is 234 g/mol. The number of hydrogen-bond acceptors (Lipinski definition) is 2. The van der Waals surface area contributed by atoms with E-state index in [0.717, 1.165) is 42.6 Å². The Balaban J connectivity index is 2.23. The minimum Gasteiger partial charge on any atom is -0.367 e. The van der Waals surface area contributed by atoms with E-state index in [0.29, 0.717) is 0 Å². The van der Waals surface area contributed by atoms with E-state index in [2.05, 4.69) is 43.9 Å². The van der Waals surface area contributed by atoms with Crippen molar-refractivity contribution in [3.8, 4) is 0 Å². The highest BCUT2D eigenvalue weighted by molar-refractivity contribution is 5.85. The van der Waals surface area contributed by atoms with Crippen LogP contribution in [0.1, 0.15) is 43.1 Å². The number of rotatable bonds is 2. The van der Waals surface area contributed by atoms with Gasteiger partial charge in [-0.25, -0.2) is 0 Å². The van der Waals surface area contributed by atoms with Gasteiger partial charge in [0.2, 0.25) is 0 Å². The molecule has 0 N–H and O–H groups in total. The van der Waals surface area contributed by atoms with Crippen molar-refractivity contribution >= 4 is 12.0 Å². The van der Waals surface area contributed by atoms with Gasteiger partial charge in [-0.3, -0.25) is 4.79 Å². The predicted octanol–water partition coefficient (Wildman–Crippen LogP) is 3.99. The lowest BCUT2D eigenvalue weighted by atomic mass is 9.83. The van der Waals surface area contributed by atoms with Gasteiger partial charge < -0.3 is 4.90 Å². The van der Waals surface area contributed by atoms with Crippen LogP contribution in [-0.2, 0) is 0 Å². The molecule has 0 aromatic heterocycles. The molecule has 0 aliphatic carbocycles. The van der Waals surface area contributed by atoms with E-state index in [4.69, 9.17) is 0 Å². The van der Waals surface area contributed by atoms with Crippen LogP contribution in [0.25, 0.3) is 0 Å². The molecule has 2 heteroatoms. The Kier molecular flexibility index (Phi) is 3.79. The van der Waals surface area contributed by atoms with Gasteiger partial charge in [0.15, 0.2) is 6.29 Å². The van der Waals surface area contributed by atoms with E-state index in [-0.39, 0.29) is 5.41 Å². The normalized spacial score (nSPS) is 16.2. The maximum Gasteiger partial charge on any atom is 0.152 e. The SMILES string of the molecule is Cc1ccc(N2CC=C(C(C)(C)C)CC2)c(C=O)c1. The van der Waals surface area contributed by atoms with Crippen LogP contribution in [-0.4, -0.2) is 19.4 Å². The summed E-state index contributed by atoms with van der Waals surface area (Å²) in [6.07, 6.45) is 4.36. The average Bonchev–Trinajstić information content (AvgIpc) is 2.37. The smallest absolute Gasteiger partial charge is 0.152 e. The van der Waals surface area contributed by atoms with Gasteiger partial charge >= 0.3 is 0 Å². The van der Waals surface area contributed by atoms with Crippen LogP contribution in [0.3, 0.4) is 0 Å². The van der Waals surface area contributed by atoms with Crippen molar-refractivity contribution in [2.24, 2.45) is 5.41 Å². The lowest BCUT2D eigenvalue weighted by Gasteiger charge is -2.34. The standard InChI is InChI=1S/C17H23NO/c1-13-5-6-16(14(11-13)12-19)18-9-7-15(8-10-18)17(2,3)4/h5-7,11-12H,8-10H2,1-4H3. The van der Waals surface area contributed by atoms with Crippen LogP contribution in [0, 0.1) is 12.3 Å². The number of anilines is 1. The summed E-state index contributed by atoms with van der Waals surface area (Å²) in [5.74, 6) is 0. The zero-order chi connectivity index (χ0) is 14.0. The zero-order valence-corrected chi connectivity index (χ0v) is 12.4. The quantitative estimate of drug-likeness (QED) is 0.590. The third kappa shape index (κ3) is 3.06. The average molecular weight is 257 g/mol. The third-order valence-corrected chi connectivity index (χ3v) is 3.82. The second-order valence-electron chi connectivity index (χ2n) is 6.36. The Hall–Kier alpha value is -1.57. The molecule has 0 fully saturated rings. The molecule has 1 heterocycles. The summed E-state index contributed by atoms with van der Waals surface area (Å²) in [6.45, 7) is 10.7. The molecule has 1 aliphatic heterocycles. The van der Waals surface area contributed by atoms with Crippen LogP contribution < -0.4 is 4.90 Å². The summed E-state index contributed by atoms with van der Waals surface area (Å²) >= 11 is 0. The summed E-state index contributed by atoms with van der Waals surface area (Å²) in [6, 6.07) is 6.10. The molecule has 0 bridgehead atoms. The number of carbonyl (C=O) groups is 1. The predicted molar refractivity (Wildman–Crippen MR) is 80.9 cm³/mol. The van der Waals surface area contributed by atoms with Crippen LogP contribution in [0.4, 0.5) is 5.69 Å². The number of benzene rings is 1. The summed E-state index contributed by atoms with van der Waals surface area (Å²) in [5.41, 5.74) is 4.77. The first-order chi connectivity index (χ1) is 8.91. The Morgan fingerprint density at radius 1 is 1.26 bits per heavy atom. The number of aryl methyl sites for hydroxylation is 1. The van der Waals surface area contributed by atoms with Crippen molar-refractivity contribution in [2.75, 3.05) is 18.0 Å². The fourth-order valence-electron chi connectivity index (χ4n) is 2.63. The molecule has 0 unspecified atom stereocenters. The number of aldehydes is 1. The first kappa shape index (κ1) is 13.9. The van der Waals surface area contributed by atoms with Gasteiger partial charge in [0, 0.05) is 24.3 Å². The molecule has 0 saturated heterocycles. The molecule has 1 aromatic rings. The van der Waals surface area contributed by atoms with Gasteiger partial charge in [-0.05, 0) is 30.9 Å². The van der Waals surface area contributed by atoms with Crippen molar-refractivity contribution < 1.29 is 4.79 Å². The monoisotopic (exact) mass is 257 g/mol. The van der Waals surface area contributed by atoms with E-state index in [1.165, 1.54) is 5.57 Å². The lowest BCUT2D eigenvalue weighted by molar-refractivity contribution is 0.112. The molecule has 2 rings (SSSR count). The summed E-state index contributed by atoms with van der Waals surface area (Å²) in [4.78, 5) is 13.5. The summed E-state index contributed by atoms with van der Waals surface area (Å²) in [5, 5.41) is 0. The van der Waals surface area contributed by atoms with Gasteiger partial charge in [-0.1, -0.05) is 44.1 Å². The van der Waals surface area contributed by atoms with Crippen LogP contribution in [0.2, 0.25) is 0 Å². The molecule has 0 amide bonds. The van der Waals surface area contributed by atoms with Gasteiger partial charge in [0.05, 0.1) is 0 Å². The van der Waals surface area contributed by atoms with Gasteiger partial charge in [0.25, 0.3) is 0 Å². The molecule has 102 valence electrons. The highest BCUT2D eigenvalue weighted by atomic mass is 16.1. The Bertz CT molecular complexity index is 508. The molecular formula is C17H23NO. The highest BCUT2D eigenvalue weighted by Gasteiger charge is 2.22. The van der Waals surface area contributed by atoms with Crippen molar-refractivity contribution in [3.63, 3.8) is 0 Å². The first-order valence-corrected chi connectivity index (χ1v) is 6.92. The fraction of sp³-hybridized carbons (Fsp3) is 0.471. The summed E-state index contributed by atoms with van der Waals surface area (Å²) in [7, 11) is 0. The second-order valence-corrected chi connectivity index (χ2v) is 6.36. The molecule has 2 nitrogen and oxygen atoms in total. The van der Waals surface area contributed by atoms with Gasteiger partial charge in [0.1, 0.15) is 0 Å². The number of carbonyl (C=O) groups excluding carboxylic acids is 1. The topological polar surface area (TPSA) is 20.3 Å². The zero-order valence-electron chi connectivity index (χ0n) is 12.4. The van der Waals surface area contributed by atoms with E-state index >= 15 is 0 Å². The first-order valence-electron chi connectivity index (χ1n) is 6.92.